The van der Waals surface area contributed by atoms with E-state index in [1.807, 2.05) is 55.5 Å². The predicted molar refractivity (Wildman–Crippen MR) is 103 cm³/mol. The molecule has 0 aliphatic heterocycles. The van der Waals surface area contributed by atoms with Gasteiger partial charge in [0, 0.05) is 5.69 Å². The van der Waals surface area contributed by atoms with E-state index in [0.29, 0.717) is 5.92 Å². The molecule has 138 valence electrons. The highest BCUT2D eigenvalue weighted by Crippen LogP contribution is 2.27. The number of benzene rings is 2. The zero-order valence-corrected chi connectivity index (χ0v) is 15.5. The summed E-state index contributed by atoms with van der Waals surface area (Å²) in [7, 11) is 0. The highest BCUT2D eigenvalue weighted by molar-refractivity contribution is 5.95. The predicted octanol–water partition coefficient (Wildman–Crippen LogP) is 3.64. The molecule has 0 aromatic heterocycles. The standard InChI is InChI=1S/C21H26N2O3/c1-15(2)18-11-7-8-16(3)21(18)23-20(25)14-22-19(24)12-13-26-17-9-5-4-6-10-17/h4-11,15H,12-14H2,1-3H3,(H,22,24)(H,23,25). The molecule has 0 heterocycles. The van der Waals surface area contributed by atoms with Gasteiger partial charge in [-0.3, -0.25) is 9.59 Å². The van der Waals surface area contributed by atoms with Gasteiger partial charge in [-0.2, -0.15) is 0 Å². The van der Waals surface area contributed by atoms with Crippen molar-refractivity contribution in [3.8, 4) is 5.75 Å². The van der Waals surface area contributed by atoms with Crippen LogP contribution in [0.25, 0.3) is 0 Å². The molecule has 0 atom stereocenters. The third-order valence-corrected chi connectivity index (χ3v) is 3.98. The summed E-state index contributed by atoms with van der Waals surface area (Å²) in [5, 5.41) is 5.54. The van der Waals surface area contributed by atoms with E-state index in [1.165, 1.54) is 0 Å². The maximum atomic E-state index is 12.2. The van der Waals surface area contributed by atoms with E-state index < -0.39 is 0 Å². The third kappa shape index (κ3) is 5.92. The molecule has 2 amide bonds. The van der Waals surface area contributed by atoms with Gasteiger partial charge in [-0.15, -0.1) is 0 Å². The second-order valence-electron chi connectivity index (χ2n) is 6.43. The number of nitrogens with one attached hydrogen (secondary N) is 2. The van der Waals surface area contributed by atoms with Crippen molar-refractivity contribution in [1.82, 2.24) is 5.32 Å². The van der Waals surface area contributed by atoms with Gasteiger partial charge in [0.15, 0.2) is 0 Å². The highest BCUT2D eigenvalue weighted by atomic mass is 16.5. The third-order valence-electron chi connectivity index (χ3n) is 3.98. The summed E-state index contributed by atoms with van der Waals surface area (Å²) in [5.41, 5.74) is 2.92. The molecule has 2 aromatic rings. The summed E-state index contributed by atoms with van der Waals surface area (Å²) in [6, 6.07) is 15.3. The first-order valence-corrected chi connectivity index (χ1v) is 8.81. The first-order valence-electron chi connectivity index (χ1n) is 8.81. The Labute approximate surface area is 154 Å². The fourth-order valence-electron chi connectivity index (χ4n) is 2.57. The van der Waals surface area contributed by atoms with Crippen molar-refractivity contribution in [3.63, 3.8) is 0 Å². The summed E-state index contributed by atoms with van der Waals surface area (Å²) in [5.74, 6) is 0.567. The average molecular weight is 354 g/mol. The lowest BCUT2D eigenvalue weighted by atomic mass is 9.98. The van der Waals surface area contributed by atoms with Gasteiger partial charge in [-0.1, -0.05) is 50.2 Å². The zero-order valence-electron chi connectivity index (χ0n) is 15.5. The van der Waals surface area contributed by atoms with Gasteiger partial charge in [-0.25, -0.2) is 0 Å². The van der Waals surface area contributed by atoms with Crippen LogP contribution < -0.4 is 15.4 Å². The number of anilines is 1. The molecule has 0 aliphatic carbocycles. The van der Waals surface area contributed by atoms with Crippen LogP contribution in [0.5, 0.6) is 5.75 Å². The number of rotatable bonds is 8. The maximum absolute atomic E-state index is 12.2. The zero-order chi connectivity index (χ0) is 18.9. The Morgan fingerprint density at radius 1 is 1.00 bits per heavy atom. The largest absolute Gasteiger partial charge is 0.493 e. The second-order valence-corrected chi connectivity index (χ2v) is 6.43. The van der Waals surface area contributed by atoms with E-state index in [2.05, 4.69) is 24.5 Å². The van der Waals surface area contributed by atoms with Crippen LogP contribution in [0.15, 0.2) is 48.5 Å². The fraction of sp³-hybridized carbons (Fsp3) is 0.333. The van der Waals surface area contributed by atoms with Gasteiger partial charge >= 0.3 is 0 Å². The minimum Gasteiger partial charge on any atom is -0.493 e. The number of para-hydroxylation sites is 2. The Morgan fingerprint density at radius 3 is 2.42 bits per heavy atom. The number of hydrogen-bond donors (Lipinski definition) is 2. The lowest BCUT2D eigenvalue weighted by molar-refractivity contribution is -0.124. The maximum Gasteiger partial charge on any atom is 0.243 e. The smallest absolute Gasteiger partial charge is 0.243 e. The van der Waals surface area contributed by atoms with Crippen molar-refractivity contribution in [2.75, 3.05) is 18.5 Å². The molecular formula is C21H26N2O3. The van der Waals surface area contributed by atoms with Gasteiger partial charge < -0.3 is 15.4 Å². The molecule has 5 heteroatoms. The van der Waals surface area contributed by atoms with Crippen LogP contribution in [0, 0.1) is 6.92 Å². The molecule has 0 aliphatic rings. The fourth-order valence-corrected chi connectivity index (χ4v) is 2.57. The van der Waals surface area contributed by atoms with Gasteiger partial charge in [-0.05, 0) is 36.1 Å². The first-order chi connectivity index (χ1) is 12.5. The molecule has 0 saturated heterocycles. The van der Waals surface area contributed by atoms with E-state index in [9.17, 15) is 9.59 Å². The molecule has 26 heavy (non-hydrogen) atoms. The summed E-state index contributed by atoms with van der Waals surface area (Å²) in [4.78, 5) is 24.0. The number of carbonyl (C=O) groups excluding carboxylic acids is 2. The van der Waals surface area contributed by atoms with Crippen molar-refractivity contribution in [3.05, 3.63) is 59.7 Å². The second kappa shape index (κ2) is 9.61. The van der Waals surface area contributed by atoms with Gasteiger partial charge in [0.25, 0.3) is 0 Å². The number of ether oxygens (including phenoxy) is 1. The first kappa shape index (κ1) is 19.5. The van der Waals surface area contributed by atoms with Crippen LogP contribution in [0.4, 0.5) is 5.69 Å². The van der Waals surface area contributed by atoms with E-state index in [1.54, 1.807) is 0 Å². The molecular weight excluding hydrogens is 328 g/mol. The molecule has 2 rings (SSSR count). The molecule has 0 bridgehead atoms. The van der Waals surface area contributed by atoms with E-state index in [0.717, 1.165) is 22.6 Å². The molecule has 0 unspecified atom stereocenters. The summed E-state index contributed by atoms with van der Waals surface area (Å²) >= 11 is 0. The Morgan fingerprint density at radius 2 is 1.73 bits per heavy atom. The number of amides is 2. The van der Waals surface area contributed by atoms with Crippen molar-refractivity contribution in [1.29, 1.82) is 0 Å². The minimum atomic E-state index is -0.237. The van der Waals surface area contributed by atoms with Crippen molar-refractivity contribution >= 4 is 17.5 Å². The lowest BCUT2D eigenvalue weighted by Crippen LogP contribution is -2.33. The van der Waals surface area contributed by atoms with Crippen LogP contribution in [0.2, 0.25) is 0 Å². The Kier molecular flexibility index (Phi) is 7.21. The van der Waals surface area contributed by atoms with Crippen molar-refractivity contribution in [2.24, 2.45) is 0 Å². The number of hydrogen-bond acceptors (Lipinski definition) is 3. The Balaban J connectivity index is 1.77. The van der Waals surface area contributed by atoms with E-state index in [-0.39, 0.29) is 31.4 Å². The van der Waals surface area contributed by atoms with E-state index >= 15 is 0 Å². The molecule has 0 radical (unpaired) electrons. The molecule has 0 spiro atoms. The van der Waals surface area contributed by atoms with Crippen LogP contribution in [0.1, 0.15) is 37.3 Å². The van der Waals surface area contributed by atoms with Gasteiger partial charge in [0.2, 0.25) is 11.8 Å². The Hall–Kier alpha value is -2.82. The van der Waals surface area contributed by atoms with Crippen molar-refractivity contribution < 1.29 is 14.3 Å². The minimum absolute atomic E-state index is 0.0595. The van der Waals surface area contributed by atoms with E-state index in [4.69, 9.17) is 4.74 Å². The summed E-state index contributed by atoms with van der Waals surface area (Å²) in [6.45, 7) is 6.33. The number of aryl methyl sites for hydroxylation is 1. The van der Waals surface area contributed by atoms with Gasteiger partial charge in [0.1, 0.15) is 5.75 Å². The lowest BCUT2D eigenvalue weighted by Gasteiger charge is -2.16. The molecule has 0 saturated carbocycles. The van der Waals surface area contributed by atoms with Crippen LogP contribution in [-0.4, -0.2) is 25.0 Å². The average Bonchev–Trinajstić information content (AvgIpc) is 2.62. The quantitative estimate of drug-likeness (QED) is 0.760. The molecule has 5 nitrogen and oxygen atoms in total. The summed E-state index contributed by atoms with van der Waals surface area (Å²) < 4.78 is 5.48. The normalized spacial score (nSPS) is 10.5. The van der Waals surface area contributed by atoms with Crippen LogP contribution in [-0.2, 0) is 9.59 Å². The SMILES string of the molecule is Cc1cccc(C(C)C)c1NC(=O)CNC(=O)CCOc1ccccc1. The highest BCUT2D eigenvalue weighted by Gasteiger charge is 2.12. The molecule has 2 aromatic carbocycles. The Bertz CT molecular complexity index is 742. The van der Waals surface area contributed by atoms with Gasteiger partial charge in [0.05, 0.1) is 19.6 Å². The topological polar surface area (TPSA) is 67.4 Å². The molecule has 0 fully saturated rings. The summed E-state index contributed by atoms with van der Waals surface area (Å²) in [6.07, 6.45) is 0.198. The van der Waals surface area contributed by atoms with Crippen LogP contribution >= 0.6 is 0 Å². The monoisotopic (exact) mass is 354 g/mol. The number of carbonyl (C=O) groups is 2. The molecule has 2 N–H and O–H groups in total. The van der Waals surface area contributed by atoms with Crippen LogP contribution in [0.3, 0.4) is 0 Å². The van der Waals surface area contributed by atoms with Crippen molar-refractivity contribution in [2.45, 2.75) is 33.1 Å².